The number of nitrogens with zero attached hydrogens (tertiary/aromatic N) is 5. The second kappa shape index (κ2) is 9.18. The van der Waals surface area contributed by atoms with Crippen LogP contribution in [0, 0.1) is 5.82 Å². The summed E-state index contributed by atoms with van der Waals surface area (Å²) in [7, 11) is 4.15. The Morgan fingerprint density at radius 2 is 1.88 bits per heavy atom. The third-order valence-electron chi connectivity index (χ3n) is 6.20. The third kappa shape index (κ3) is 4.60. The highest BCUT2D eigenvalue weighted by molar-refractivity contribution is 6.03. The first-order valence-electron chi connectivity index (χ1n) is 11.2. The molecule has 4 aromatic rings. The van der Waals surface area contributed by atoms with Gasteiger partial charge in [-0.3, -0.25) is 9.78 Å². The number of carbonyl (C=O) groups excluding carboxylic acids is 1. The number of amides is 1. The molecular weight excluding hydrogens is 435 g/mol. The lowest BCUT2D eigenvalue weighted by molar-refractivity contribution is 0.102. The molecule has 1 saturated heterocycles. The van der Waals surface area contributed by atoms with E-state index in [1.54, 1.807) is 30.3 Å². The summed E-state index contributed by atoms with van der Waals surface area (Å²) >= 11 is 0. The molecule has 2 aromatic carbocycles. The van der Waals surface area contributed by atoms with E-state index in [1.807, 2.05) is 7.05 Å². The van der Waals surface area contributed by atoms with Crippen LogP contribution in [0.5, 0.6) is 0 Å². The highest BCUT2D eigenvalue weighted by Crippen LogP contribution is 2.27. The third-order valence-corrected chi connectivity index (χ3v) is 6.20. The number of benzene rings is 2. The Balaban J connectivity index is 1.28. The lowest BCUT2D eigenvalue weighted by Gasteiger charge is -2.34. The minimum Gasteiger partial charge on any atom is -0.423 e. The van der Waals surface area contributed by atoms with E-state index in [0.717, 1.165) is 31.5 Å². The maximum absolute atomic E-state index is 13.1. The molecule has 174 valence electrons. The summed E-state index contributed by atoms with van der Waals surface area (Å²) in [5.74, 6) is -0.706. The molecule has 1 N–H and O–H groups in total. The summed E-state index contributed by atoms with van der Waals surface area (Å²) in [6, 6.07) is 12.3. The molecule has 9 heteroatoms. The predicted molar refractivity (Wildman–Crippen MR) is 128 cm³/mol. The maximum Gasteiger partial charge on any atom is 0.298 e. The highest BCUT2D eigenvalue weighted by atomic mass is 19.1. The molecule has 3 heterocycles. The summed E-state index contributed by atoms with van der Waals surface area (Å²) in [6.07, 6.45) is 5.02. The van der Waals surface area contributed by atoms with Crippen molar-refractivity contribution in [1.29, 1.82) is 0 Å². The number of likely N-dealkylation sites (tertiary alicyclic amines) is 1. The maximum atomic E-state index is 13.1. The zero-order valence-electron chi connectivity index (χ0n) is 19.0. The molecule has 2 aromatic heterocycles. The van der Waals surface area contributed by atoms with Gasteiger partial charge in [0.25, 0.3) is 11.9 Å². The molecule has 5 rings (SSSR count). The summed E-state index contributed by atoms with van der Waals surface area (Å²) in [5, 5.41) is 2.83. The lowest BCUT2D eigenvalue weighted by Crippen LogP contribution is -2.42. The van der Waals surface area contributed by atoms with Crippen LogP contribution in [-0.2, 0) is 0 Å². The van der Waals surface area contributed by atoms with Gasteiger partial charge >= 0.3 is 0 Å². The Hall–Kier alpha value is -3.85. The van der Waals surface area contributed by atoms with Gasteiger partial charge in [0.15, 0.2) is 5.58 Å². The number of piperidine rings is 1. The van der Waals surface area contributed by atoms with Gasteiger partial charge in [-0.2, -0.15) is 4.98 Å². The van der Waals surface area contributed by atoms with Crippen molar-refractivity contribution in [3.05, 3.63) is 66.4 Å². The number of hydrogen-bond donors (Lipinski definition) is 1. The predicted octanol–water partition coefficient (Wildman–Crippen LogP) is 4.21. The zero-order valence-corrected chi connectivity index (χ0v) is 19.0. The molecule has 0 aliphatic carbocycles. The quantitative estimate of drug-likeness (QED) is 0.477. The van der Waals surface area contributed by atoms with E-state index < -0.39 is 0 Å². The van der Waals surface area contributed by atoms with Crippen molar-refractivity contribution in [3.63, 3.8) is 0 Å². The summed E-state index contributed by atoms with van der Waals surface area (Å²) < 4.78 is 19.1. The Morgan fingerprint density at radius 3 is 2.59 bits per heavy atom. The van der Waals surface area contributed by atoms with E-state index in [2.05, 4.69) is 37.1 Å². The van der Waals surface area contributed by atoms with Crippen molar-refractivity contribution >= 4 is 28.7 Å². The number of fused-ring (bicyclic) bond motifs is 1. The van der Waals surface area contributed by atoms with Crippen molar-refractivity contribution in [2.75, 3.05) is 37.4 Å². The fourth-order valence-corrected chi connectivity index (χ4v) is 4.09. The van der Waals surface area contributed by atoms with Gasteiger partial charge in [0.2, 0.25) is 0 Å². The van der Waals surface area contributed by atoms with Gasteiger partial charge < -0.3 is 19.5 Å². The van der Waals surface area contributed by atoms with Crippen LogP contribution in [0.1, 0.15) is 23.3 Å². The molecule has 0 radical (unpaired) electrons. The van der Waals surface area contributed by atoms with Crippen molar-refractivity contribution in [3.8, 4) is 11.3 Å². The largest absolute Gasteiger partial charge is 0.423 e. The smallest absolute Gasteiger partial charge is 0.298 e. The van der Waals surface area contributed by atoms with Gasteiger partial charge in [0.1, 0.15) is 17.0 Å². The molecule has 1 amide bonds. The van der Waals surface area contributed by atoms with Crippen molar-refractivity contribution < 1.29 is 13.6 Å². The number of halogens is 1. The molecule has 0 bridgehead atoms. The number of hydrogen-bond acceptors (Lipinski definition) is 7. The van der Waals surface area contributed by atoms with Crippen molar-refractivity contribution in [2.45, 2.75) is 18.9 Å². The van der Waals surface area contributed by atoms with Crippen LogP contribution in [0.2, 0.25) is 0 Å². The number of rotatable bonds is 5. The summed E-state index contributed by atoms with van der Waals surface area (Å²) in [5.41, 5.74) is 3.37. The first kappa shape index (κ1) is 22.0. The first-order valence-corrected chi connectivity index (χ1v) is 11.2. The summed E-state index contributed by atoms with van der Waals surface area (Å²) in [4.78, 5) is 30.2. The van der Waals surface area contributed by atoms with Gasteiger partial charge in [0.05, 0.1) is 18.1 Å². The van der Waals surface area contributed by atoms with Crippen molar-refractivity contribution in [1.82, 2.24) is 19.9 Å². The summed E-state index contributed by atoms with van der Waals surface area (Å²) in [6.45, 7) is 2.11. The molecule has 1 aliphatic heterocycles. The van der Waals surface area contributed by atoms with E-state index in [4.69, 9.17) is 4.42 Å². The fraction of sp³-hybridized carbons (Fsp3) is 0.280. The normalized spacial score (nSPS) is 14.9. The second-order valence-corrected chi connectivity index (χ2v) is 8.57. The molecule has 8 nitrogen and oxygen atoms in total. The molecule has 0 atom stereocenters. The highest BCUT2D eigenvalue weighted by Gasteiger charge is 2.24. The molecule has 34 heavy (non-hydrogen) atoms. The van der Waals surface area contributed by atoms with E-state index >= 15 is 0 Å². The van der Waals surface area contributed by atoms with Crippen LogP contribution in [0.25, 0.3) is 22.4 Å². The Labute approximate surface area is 196 Å². The van der Waals surface area contributed by atoms with E-state index in [-0.39, 0.29) is 17.4 Å². The lowest BCUT2D eigenvalue weighted by atomic mass is 10.0. The number of nitrogens with one attached hydrogen (secondary N) is 1. The molecular formula is C25H25FN6O2. The van der Waals surface area contributed by atoms with Crippen LogP contribution in [0.4, 0.5) is 16.1 Å². The van der Waals surface area contributed by atoms with Gasteiger partial charge in [-0.05, 0) is 75.4 Å². The minimum atomic E-state index is -0.385. The van der Waals surface area contributed by atoms with Crippen molar-refractivity contribution in [2.24, 2.45) is 0 Å². The Morgan fingerprint density at radius 1 is 1.12 bits per heavy atom. The first-order chi connectivity index (χ1) is 16.5. The molecule has 1 aliphatic rings. The number of oxazole rings is 1. The van der Waals surface area contributed by atoms with E-state index in [0.29, 0.717) is 34.5 Å². The van der Waals surface area contributed by atoms with Gasteiger partial charge in [0, 0.05) is 24.3 Å². The Kier molecular flexibility index (Phi) is 5.93. The number of anilines is 2. The molecule has 0 saturated carbocycles. The number of carbonyl (C=O) groups is 1. The van der Waals surface area contributed by atoms with Crippen LogP contribution in [-0.4, -0.2) is 59.0 Å². The second-order valence-electron chi connectivity index (χ2n) is 8.57. The standard InChI is InChI=1S/C25H25FN6O2/c1-31-11-9-19(10-12-31)32(2)25-30-20-13-18(7-8-23(20)34-25)29-24(33)22-15-27-21(14-28-22)16-3-5-17(26)6-4-16/h3-8,13-15,19H,9-12H2,1-2H3,(H,29,33). The number of aromatic nitrogens is 3. The Bertz CT molecular complexity index is 1300. The van der Waals surface area contributed by atoms with E-state index in [9.17, 15) is 9.18 Å². The monoisotopic (exact) mass is 460 g/mol. The molecule has 0 spiro atoms. The fourth-order valence-electron chi connectivity index (χ4n) is 4.09. The van der Waals surface area contributed by atoms with Crippen LogP contribution in [0.15, 0.2) is 59.3 Å². The minimum absolute atomic E-state index is 0.175. The van der Waals surface area contributed by atoms with Gasteiger partial charge in [-0.1, -0.05) is 0 Å². The zero-order chi connectivity index (χ0) is 23.7. The topological polar surface area (TPSA) is 87.4 Å². The van der Waals surface area contributed by atoms with Crippen LogP contribution in [0.3, 0.4) is 0 Å². The average molecular weight is 461 g/mol. The SMILES string of the molecule is CN1CCC(N(C)c2nc3cc(NC(=O)c4cnc(-c5ccc(F)cc5)cn4)ccc3o2)CC1. The van der Waals surface area contributed by atoms with Gasteiger partial charge in [-0.25, -0.2) is 9.37 Å². The molecule has 0 unspecified atom stereocenters. The molecule has 1 fully saturated rings. The van der Waals surface area contributed by atoms with E-state index in [1.165, 1.54) is 24.5 Å². The van der Waals surface area contributed by atoms with Gasteiger partial charge in [-0.15, -0.1) is 0 Å². The average Bonchev–Trinajstić information content (AvgIpc) is 3.28. The van der Waals surface area contributed by atoms with Crippen LogP contribution < -0.4 is 10.2 Å². The van der Waals surface area contributed by atoms with Crippen LogP contribution >= 0.6 is 0 Å².